The van der Waals surface area contributed by atoms with Crippen molar-refractivity contribution < 1.29 is 22.6 Å². The van der Waals surface area contributed by atoms with Gasteiger partial charge in [0.05, 0.1) is 13.2 Å². The molecule has 0 aliphatic heterocycles. The van der Waals surface area contributed by atoms with Crippen LogP contribution in [0.5, 0.6) is 11.5 Å². The van der Waals surface area contributed by atoms with Crippen molar-refractivity contribution >= 4 is 0 Å². The molecule has 174 valence electrons. The summed E-state index contributed by atoms with van der Waals surface area (Å²) in [6.07, 6.45) is 3.37. The Hall–Kier alpha value is -2.95. The molecule has 1 fully saturated rings. The highest BCUT2D eigenvalue weighted by molar-refractivity contribution is 5.65. The predicted molar refractivity (Wildman–Crippen MR) is 124 cm³/mol. The third-order valence-corrected chi connectivity index (χ3v) is 6.45. The van der Waals surface area contributed by atoms with Crippen LogP contribution in [-0.2, 0) is 0 Å². The van der Waals surface area contributed by atoms with Gasteiger partial charge in [0.25, 0.3) is 0 Å². The van der Waals surface area contributed by atoms with Gasteiger partial charge in [-0.05, 0) is 80.7 Å². The molecular formula is C28H29F3O2. The Morgan fingerprint density at radius 3 is 2.21 bits per heavy atom. The summed E-state index contributed by atoms with van der Waals surface area (Å²) < 4.78 is 54.8. The van der Waals surface area contributed by atoms with Gasteiger partial charge in [-0.2, -0.15) is 4.39 Å². The van der Waals surface area contributed by atoms with Crippen molar-refractivity contribution in [3.63, 3.8) is 0 Å². The lowest BCUT2D eigenvalue weighted by Crippen LogP contribution is -2.20. The summed E-state index contributed by atoms with van der Waals surface area (Å²) in [7, 11) is 0. The van der Waals surface area contributed by atoms with Gasteiger partial charge in [0.2, 0.25) is 5.82 Å². The zero-order valence-corrected chi connectivity index (χ0v) is 19.0. The van der Waals surface area contributed by atoms with Crippen molar-refractivity contribution in [1.82, 2.24) is 0 Å². The van der Waals surface area contributed by atoms with Crippen molar-refractivity contribution in [2.45, 2.75) is 45.4 Å². The molecule has 1 aliphatic carbocycles. The third-order valence-electron chi connectivity index (χ3n) is 6.45. The quantitative estimate of drug-likeness (QED) is 0.362. The molecule has 0 atom stereocenters. The highest BCUT2D eigenvalue weighted by Crippen LogP contribution is 2.38. The van der Waals surface area contributed by atoms with Gasteiger partial charge in [0, 0.05) is 11.6 Å². The predicted octanol–water partition coefficient (Wildman–Crippen LogP) is 7.83. The Balaban J connectivity index is 1.34. The van der Waals surface area contributed by atoms with Crippen molar-refractivity contribution in [2.24, 2.45) is 5.92 Å². The second-order valence-electron chi connectivity index (χ2n) is 8.75. The summed E-state index contributed by atoms with van der Waals surface area (Å²) in [5, 5.41) is 0. The molecule has 3 aromatic rings. The lowest BCUT2D eigenvalue weighted by atomic mass is 9.79. The molecule has 0 aromatic heterocycles. The lowest BCUT2D eigenvalue weighted by Gasteiger charge is -2.29. The van der Waals surface area contributed by atoms with Gasteiger partial charge >= 0.3 is 0 Å². The van der Waals surface area contributed by atoms with Crippen molar-refractivity contribution in [3.8, 4) is 22.6 Å². The molecule has 0 spiro atoms. The van der Waals surface area contributed by atoms with E-state index < -0.39 is 11.6 Å². The fraction of sp³-hybridized carbons (Fsp3) is 0.357. The molecular weight excluding hydrogens is 425 g/mol. The summed E-state index contributed by atoms with van der Waals surface area (Å²) in [6.45, 7) is 4.63. The van der Waals surface area contributed by atoms with Crippen LogP contribution in [0, 0.1) is 30.3 Å². The largest absolute Gasteiger partial charge is 0.494 e. The van der Waals surface area contributed by atoms with Gasteiger partial charge in [-0.25, -0.2) is 8.78 Å². The first-order chi connectivity index (χ1) is 16.0. The van der Waals surface area contributed by atoms with E-state index in [0.29, 0.717) is 24.5 Å². The summed E-state index contributed by atoms with van der Waals surface area (Å²) in [5.74, 6) is -1.23. The van der Waals surface area contributed by atoms with Gasteiger partial charge in [0.1, 0.15) is 11.6 Å². The van der Waals surface area contributed by atoms with Crippen molar-refractivity contribution in [2.75, 3.05) is 13.2 Å². The molecule has 0 saturated heterocycles. The van der Waals surface area contributed by atoms with Gasteiger partial charge in [-0.1, -0.05) is 35.9 Å². The smallest absolute Gasteiger partial charge is 0.201 e. The van der Waals surface area contributed by atoms with E-state index in [2.05, 4.69) is 0 Å². The van der Waals surface area contributed by atoms with Crippen LogP contribution in [-0.4, -0.2) is 13.2 Å². The molecule has 1 aliphatic rings. The minimum atomic E-state index is -0.960. The molecule has 2 nitrogen and oxygen atoms in total. The molecule has 0 N–H and O–H groups in total. The Labute approximate surface area is 193 Å². The van der Waals surface area contributed by atoms with Crippen LogP contribution < -0.4 is 9.47 Å². The van der Waals surface area contributed by atoms with Gasteiger partial charge in [-0.15, -0.1) is 0 Å². The first-order valence-corrected chi connectivity index (χ1v) is 11.6. The maximum absolute atomic E-state index is 14.7. The molecule has 5 heteroatoms. The number of benzene rings is 3. The van der Waals surface area contributed by atoms with Gasteiger partial charge in [-0.3, -0.25) is 0 Å². The molecule has 0 bridgehead atoms. The maximum atomic E-state index is 14.7. The maximum Gasteiger partial charge on any atom is 0.201 e. The second kappa shape index (κ2) is 10.3. The fourth-order valence-corrected chi connectivity index (χ4v) is 4.54. The Morgan fingerprint density at radius 1 is 0.818 bits per heavy atom. The van der Waals surface area contributed by atoms with Crippen LogP contribution in [0.15, 0.2) is 54.6 Å². The van der Waals surface area contributed by atoms with E-state index in [1.165, 1.54) is 12.1 Å². The zero-order chi connectivity index (χ0) is 23.4. The number of hydrogen-bond donors (Lipinski definition) is 0. The van der Waals surface area contributed by atoms with E-state index in [1.54, 1.807) is 18.2 Å². The summed E-state index contributed by atoms with van der Waals surface area (Å²) in [5.41, 5.74) is 2.62. The van der Waals surface area contributed by atoms with E-state index in [-0.39, 0.29) is 29.0 Å². The second-order valence-corrected chi connectivity index (χ2v) is 8.75. The van der Waals surface area contributed by atoms with Crippen molar-refractivity contribution in [3.05, 3.63) is 83.2 Å². The minimum Gasteiger partial charge on any atom is -0.494 e. The highest BCUT2D eigenvalue weighted by atomic mass is 19.2. The molecule has 33 heavy (non-hydrogen) atoms. The van der Waals surface area contributed by atoms with E-state index in [9.17, 15) is 13.2 Å². The summed E-state index contributed by atoms with van der Waals surface area (Å²) in [4.78, 5) is 0. The molecule has 0 unspecified atom stereocenters. The lowest BCUT2D eigenvalue weighted by molar-refractivity contribution is 0.192. The molecule has 4 rings (SSSR count). The molecule has 0 radical (unpaired) electrons. The van der Waals surface area contributed by atoms with Crippen molar-refractivity contribution in [1.29, 1.82) is 0 Å². The first kappa shape index (κ1) is 23.2. The third kappa shape index (κ3) is 5.35. The molecule has 3 aromatic carbocycles. The molecule has 0 amide bonds. The number of ether oxygens (including phenoxy) is 2. The van der Waals surface area contributed by atoms with E-state index in [4.69, 9.17) is 9.47 Å². The van der Waals surface area contributed by atoms with E-state index >= 15 is 0 Å². The van der Waals surface area contributed by atoms with E-state index in [0.717, 1.165) is 36.8 Å². The average Bonchev–Trinajstić information content (AvgIpc) is 2.82. The summed E-state index contributed by atoms with van der Waals surface area (Å²) >= 11 is 0. The molecule has 0 heterocycles. The number of rotatable bonds is 7. The minimum absolute atomic E-state index is 0.0666. The standard InChI is InChI=1S/C28H29F3O2/c1-3-32-22-12-13-23(25(29)16-22)20-10-6-19(7-11-20)17-33-26-15-14-24(27(30)28(26)31)21-8-4-18(2)5-9-21/h4-5,8-9,12-16,19-20H,3,6-7,10-11,17H2,1-2H3. The van der Waals surface area contributed by atoms with Crippen LogP contribution in [0.4, 0.5) is 13.2 Å². The normalized spacial score (nSPS) is 18.2. The monoisotopic (exact) mass is 454 g/mol. The number of aryl methyl sites for hydroxylation is 1. The van der Waals surface area contributed by atoms with Crippen LogP contribution in [0.3, 0.4) is 0 Å². The van der Waals surface area contributed by atoms with Crippen LogP contribution >= 0.6 is 0 Å². The Kier molecular flexibility index (Phi) is 7.26. The molecule has 1 saturated carbocycles. The Morgan fingerprint density at radius 2 is 1.55 bits per heavy atom. The summed E-state index contributed by atoms with van der Waals surface area (Å²) in [6, 6.07) is 15.4. The average molecular weight is 455 g/mol. The highest BCUT2D eigenvalue weighted by Gasteiger charge is 2.25. The number of hydrogen-bond acceptors (Lipinski definition) is 2. The SMILES string of the molecule is CCOc1ccc(C2CCC(COc3ccc(-c4ccc(C)cc4)c(F)c3F)CC2)c(F)c1. The topological polar surface area (TPSA) is 18.5 Å². The zero-order valence-electron chi connectivity index (χ0n) is 19.0. The number of halogens is 3. The van der Waals surface area contributed by atoms with Gasteiger partial charge < -0.3 is 9.47 Å². The van der Waals surface area contributed by atoms with Crippen LogP contribution in [0.25, 0.3) is 11.1 Å². The Bertz CT molecular complexity index is 1090. The van der Waals surface area contributed by atoms with E-state index in [1.807, 2.05) is 38.1 Å². The fourth-order valence-electron chi connectivity index (χ4n) is 4.54. The van der Waals surface area contributed by atoms with Crippen LogP contribution in [0.1, 0.15) is 49.7 Å². The van der Waals surface area contributed by atoms with Crippen LogP contribution in [0.2, 0.25) is 0 Å². The van der Waals surface area contributed by atoms with Gasteiger partial charge in [0.15, 0.2) is 11.6 Å². The first-order valence-electron chi connectivity index (χ1n) is 11.6.